The van der Waals surface area contributed by atoms with Crippen LogP contribution in [0, 0.1) is 5.41 Å². The fourth-order valence-corrected chi connectivity index (χ4v) is 9.79. The van der Waals surface area contributed by atoms with Crippen molar-refractivity contribution in [1.82, 2.24) is 9.55 Å². The highest BCUT2D eigenvalue weighted by Crippen LogP contribution is 2.45. The first-order valence-corrected chi connectivity index (χ1v) is 26.8. The number of aromatic nitrogens is 2. The molecule has 0 unspecified atom stereocenters. The lowest BCUT2D eigenvalue weighted by Gasteiger charge is -2.27. The van der Waals surface area contributed by atoms with Crippen molar-refractivity contribution >= 4 is 44.6 Å². The number of anilines is 4. The van der Waals surface area contributed by atoms with Crippen molar-refractivity contribution in [2.75, 3.05) is 10.6 Å². The van der Waals surface area contributed by atoms with Gasteiger partial charge in [0.25, 0.3) is 0 Å². The second-order valence-corrected chi connectivity index (χ2v) is 24.5. The Balaban J connectivity index is 1.17. The summed E-state index contributed by atoms with van der Waals surface area (Å²) in [6.45, 7) is 27.5. The minimum Gasteiger partial charge on any atom is -0.457 e. The Kier molecular flexibility index (Phi) is 12.2. The SMILES string of the molecule is [2H]c1c([2H])c([2H])c(-c2cccc(-c3c([2H])c(C(C)(C)C)c([2H])c(C(C)(C)C)c3[2H])c2Nc2ccccc2Nc2cccc(Oc3cc(CC(C)(C)C)c4c5cc(CCCCCC)ccc5n(-c5cc(C(C)(C)C)ccn5)c4c3)c2)c([2H])c1[2H]. The molecule has 9 aromatic rings. The zero-order valence-electron chi connectivity index (χ0n) is 54.5. The van der Waals surface area contributed by atoms with Crippen LogP contribution in [0.5, 0.6) is 11.5 Å². The Morgan fingerprint density at radius 3 is 1.91 bits per heavy atom. The third kappa shape index (κ3) is 12.2. The van der Waals surface area contributed by atoms with Crippen LogP contribution in [0.4, 0.5) is 22.7 Å². The molecule has 2 heterocycles. The van der Waals surface area contributed by atoms with Gasteiger partial charge in [-0.3, -0.25) is 4.57 Å². The van der Waals surface area contributed by atoms with E-state index in [9.17, 15) is 4.11 Å². The van der Waals surface area contributed by atoms with Gasteiger partial charge < -0.3 is 15.4 Å². The van der Waals surface area contributed by atoms with E-state index in [1.165, 1.54) is 46.7 Å². The van der Waals surface area contributed by atoms with Gasteiger partial charge >= 0.3 is 0 Å². The van der Waals surface area contributed by atoms with E-state index in [4.69, 9.17) is 16.6 Å². The molecule has 0 aliphatic heterocycles. The summed E-state index contributed by atoms with van der Waals surface area (Å²) in [5, 5.41) is 9.66. The van der Waals surface area contributed by atoms with Crippen molar-refractivity contribution in [3.05, 3.63) is 192 Å². The highest BCUT2D eigenvalue weighted by atomic mass is 16.5. The number of benzene rings is 7. The van der Waals surface area contributed by atoms with Crippen LogP contribution in [0.15, 0.2) is 164 Å². The maximum Gasteiger partial charge on any atom is 0.137 e. The van der Waals surface area contributed by atoms with Crippen molar-refractivity contribution in [3.8, 4) is 39.6 Å². The zero-order chi connectivity index (χ0) is 60.2. The lowest BCUT2D eigenvalue weighted by molar-refractivity contribution is 0.411. The number of hydrogen-bond acceptors (Lipinski definition) is 4. The second-order valence-electron chi connectivity index (χ2n) is 24.5. The van der Waals surface area contributed by atoms with Crippen molar-refractivity contribution < 1.29 is 15.7 Å². The lowest BCUT2D eigenvalue weighted by atomic mass is 9.78. The van der Waals surface area contributed by atoms with Gasteiger partial charge in [-0.15, -0.1) is 0 Å². The topological polar surface area (TPSA) is 51.1 Å². The first-order chi connectivity index (χ1) is 39.0. The maximum atomic E-state index is 9.82. The van der Waals surface area contributed by atoms with Crippen LogP contribution in [0.2, 0.25) is 0 Å². The number of hydrogen-bond donors (Lipinski definition) is 2. The number of fused-ring (bicyclic) bond motifs is 3. The quantitative estimate of drug-likeness (QED) is 0.101. The van der Waals surface area contributed by atoms with Gasteiger partial charge in [0.2, 0.25) is 0 Å². The molecule has 0 atom stereocenters. The van der Waals surface area contributed by atoms with Crippen LogP contribution in [0.1, 0.15) is 154 Å². The van der Waals surface area contributed by atoms with Crippen LogP contribution in [-0.2, 0) is 29.1 Å². The van der Waals surface area contributed by atoms with Crippen molar-refractivity contribution in [1.29, 1.82) is 0 Å². The Morgan fingerprint density at radius 1 is 0.573 bits per heavy atom. The van der Waals surface area contributed by atoms with Crippen LogP contribution in [0.25, 0.3) is 49.9 Å². The minimum absolute atomic E-state index is 0.0184. The highest BCUT2D eigenvalue weighted by Gasteiger charge is 2.25. The number of rotatable bonds is 15. The van der Waals surface area contributed by atoms with Gasteiger partial charge in [0.05, 0.1) is 39.1 Å². The normalized spacial score (nSPS) is 13.9. The molecule has 0 bridgehead atoms. The fourth-order valence-electron chi connectivity index (χ4n) is 9.79. The Hall–Kier alpha value is -7.11. The fraction of sp³-hybridized carbons (Fsp3) is 0.329. The van der Waals surface area contributed by atoms with Gasteiger partial charge in [0.1, 0.15) is 17.3 Å². The Morgan fingerprint density at radius 2 is 1.24 bits per heavy atom. The Labute approximate surface area is 460 Å². The average Bonchev–Trinajstić information content (AvgIpc) is 3.93. The van der Waals surface area contributed by atoms with E-state index in [2.05, 4.69) is 106 Å². The summed E-state index contributed by atoms with van der Waals surface area (Å²) in [6, 6.07) is 34.2. The molecule has 0 radical (unpaired) electrons. The third-order valence-electron chi connectivity index (χ3n) is 13.8. The molecule has 0 saturated carbocycles. The van der Waals surface area contributed by atoms with Gasteiger partial charge in [-0.25, -0.2) is 4.98 Å². The largest absolute Gasteiger partial charge is 0.457 e. The standard InChI is InChI=1S/C70H80N4O/c1-14-15-16-18-25-47-34-35-62-59(38-47)65-50(46-67(2,3)4)41-56(45-63(65)74(62)64-43-51(36-37-71-64)68(5,6)7)75-55-29-23-28-54(44-55)72-60-32-21-22-33-61(60)73-66-57(48-26-19-17-20-27-48)30-24-31-58(66)49-39-52(69(8,9)10)42-53(40-49)70(11,12)13/h17,19-24,26-45,72-73H,14-16,18,25,46H2,1-13H3/i17D,19D,20D,26D,27D,39D,40D,42D. The summed E-state index contributed by atoms with van der Waals surface area (Å²) in [5.41, 5.74) is 8.55. The van der Waals surface area contributed by atoms with E-state index in [0.29, 0.717) is 50.9 Å². The van der Waals surface area contributed by atoms with Crippen molar-refractivity contribution in [2.24, 2.45) is 5.41 Å². The van der Waals surface area contributed by atoms with Gasteiger partial charge in [0, 0.05) is 45.9 Å². The van der Waals surface area contributed by atoms with Gasteiger partial charge in [-0.2, -0.15) is 0 Å². The summed E-state index contributed by atoms with van der Waals surface area (Å²) < 4.78 is 82.6. The predicted molar refractivity (Wildman–Crippen MR) is 323 cm³/mol. The van der Waals surface area contributed by atoms with Crippen molar-refractivity contribution in [3.63, 3.8) is 0 Å². The molecular weight excluding hydrogens is 913 g/mol. The smallest absolute Gasteiger partial charge is 0.137 e. The summed E-state index contributed by atoms with van der Waals surface area (Å²) in [7, 11) is 0. The molecule has 2 N–H and O–H groups in total. The molecule has 0 aliphatic carbocycles. The number of nitrogens with zero attached hydrogens (tertiary/aromatic N) is 2. The molecule has 386 valence electrons. The molecule has 0 spiro atoms. The van der Waals surface area contributed by atoms with Crippen LogP contribution in [-0.4, -0.2) is 9.55 Å². The minimum atomic E-state index is -0.654. The number of nitrogens with one attached hydrogen (secondary N) is 2. The molecule has 0 fully saturated rings. The van der Waals surface area contributed by atoms with Gasteiger partial charge in [0.15, 0.2) is 0 Å². The second kappa shape index (κ2) is 21.3. The van der Waals surface area contributed by atoms with Crippen LogP contribution >= 0.6 is 0 Å². The third-order valence-corrected chi connectivity index (χ3v) is 13.8. The average molecular weight is 1000 g/mol. The van der Waals surface area contributed by atoms with Gasteiger partial charge in [-0.05, 0) is 134 Å². The molecule has 75 heavy (non-hydrogen) atoms. The number of unbranched alkanes of at least 4 members (excludes halogenated alkanes) is 3. The number of pyridine rings is 1. The van der Waals surface area contributed by atoms with Crippen LogP contribution in [0.3, 0.4) is 0 Å². The molecule has 0 aliphatic rings. The summed E-state index contributed by atoms with van der Waals surface area (Å²) in [5.74, 6) is 2.14. The summed E-state index contributed by atoms with van der Waals surface area (Å²) in [6.07, 6.45) is 8.54. The van der Waals surface area contributed by atoms with Gasteiger partial charge in [-0.1, -0.05) is 200 Å². The molecule has 0 saturated heterocycles. The predicted octanol–water partition coefficient (Wildman–Crippen LogP) is 20.4. The number of ether oxygens (including phenoxy) is 1. The summed E-state index contributed by atoms with van der Waals surface area (Å²) >= 11 is 0. The van der Waals surface area contributed by atoms with Crippen LogP contribution < -0.4 is 15.4 Å². The zero-order valence-corrected chi connectivity index (χ0v) is 46.5. The van der Waals surface area contributed by atoms with Crippen molar-refractivity contribution in [2.45, 2.75) is 145 Å². The number of aryl methyl sites for hydroxylation is 1. The monoisotopic (exact) mass is 1000 g/mol. The summed E-state index contributed by atoms with van der Waals surface area (Å²) in [4.78, 5) is 5.03. The molecule has 0 amide bonds. The molecule has 5 nitrogen and oxygen atoms in total. The maximum absolute atomic E-state index is 9.82. The first kappa shape index (κ1) is 43.2. The molecule has 2 aromatic heterocycles. The highest BCUT2D eigenvalue weighted by molar-refractivity contribution is 6.11. The van der Waals surface area contributed by atoms with E-state index in [0.717, 1.165) is 36.1 Å². The molecule has 7 aromatic carbocycles. The Bertz CT molecular complexity index is 3880. The van der Waals surface area contributed by atoms with E-state index in [1.54, 1.807) is 18.2 Å². The van der Waals surface area contributed by atoms with E-state index in [-0.39, 0.29) is 57.7 Å². The molecular formula is C70H80N4O. The number of para-hydroxylation sites is 3. The van der Waals surface area contributed by atoms with E-state index < -0.39 is 29.0 Å². The first-order valence-electron chi connectivity index (χ1n) is 30.8. The molecule has 5 heteroatoms. The van der Waals surface area contributed by atoms with E-state index >= 15 is 0 Å². The lowest BCUT2D eigenvalue weighted by Crippen LogP contribution is -2.16. The van der Waals surface area contributed by atoms with E-state index in [1.807, 2.05) is 96.3 Å². The molecule has 9 rings (SSSR count).